The van der Waals surface area contributed by atoms with Gasteiger partial charge in [0.25, 0.3) is 0 Å². The number of hydrogen-bond acceptors (Lipinski definition) is 2. The summed E-state index contributed by atoms with van der Waals surface area (Å²) in [5.41, 5.74) is 2.69. The first kappa shape index (κ1) is 14.1. The maximum atomic E-state index is 11.7. The van der Waals surface area contributed by atoms with Crippen molar-refractivity contribution in [1.29, 1.82) is 0 Å². The summed E-state index contributed by atoms with van der Waals surface area (Å²) in [6.07, 6.45) is 1.54. The number of carbonyl (C=O) groups excluding carboxylic acids is 2. The first-order valence-electron chi connectivity index (χ1n) is 6.35. The molecule has 19 heavy (non-hydrogen) atoms. The van der Waals surface area contributed by atoms with E-state index in [1.54, 1.807) is 6.92 Å². The molecule has 1 unspecified atom stereocenters. The SMILES string of the molecule is Cc1cc(NC(=O)C(C)Br)ccc1N1CCCC1=O. The van der Waals surface area contributed by atoms with E-state index in [9.17, 15) is 9.59 Å². The van der Waals surface area contributed by atoms with E-state index >= 15 is 0 Å². The number of hydrogen-bond donors (Lipinski definition) is 1. The average Bonchev–Trinajstić information content (AvgIpc) is 2.75. The van der Waals surface area contributed by atoms with Gasteiger partial charge in [-0.1, -0.05) is 15.9 Å². The van der Waals surface area contributed by atoms with Gasteiger partial charge in [-0.25, -0.2) is 0 Å². The van der Waals surface area contributed by atoms with E-state index in [1.807, 2.05) is 30.0 Å². The van der Waals surface area contributed by atoms with Crippen molar-refractivity contribution in [1.82, 2.24) is 0 Å². The Morgan fingerprint density at radius 1 is 1.47 bits per heavy atom. The number of alkyl halides is 1. The van der Waals surface area contributed by atoms with Gasteiger partial charge in [0.2, 0.25) is 11.8 Å². The van der Waals surface area contributed by atoms with Gasteiger partial charge in [-0.2, -0.15) is 0 Å². The predicted molar refractivity (Wildman–Crippen MR) is 79.8 cm³/mol. The molecule has 1 N–H and O–H groups in total. The van der Waals surface area contributed by atoms with Crippen molar-refractivity contribution in [3.63, 3.8) is 0 Å². The Morgan fingerprint density at radius 2 is 2.21 bits per heavy atom. The van der Waals surface area contributed by atoms with Crippen molar-refractivity contribution in [2.75, 3.05) is 16.8 Å². The quantitative estimate of drug-likeness (QED) is 0.869. The molecule has 1 atom stereocenters. The zero-order chi connectivity index (χ0) is 14.0. The van der Waals surface area contributed by atoms with Crippen LogP contribution in [0.4, 0.5) is 11.4 Å². The number of nitrogens with zero attached hydrogens (tertiary/aromatic N) is 1. The van der Waals surface area contributed by atoms with Crippen LogP contribution in [0.5, 0.6) is 0 Å². The second kappa shape index (κ2) is 5.74. The Morgan fingerprint density at radius 3 is 2.74 bits per heavy atom. The van der Waals surface area contributed by atoms with Gasteiger partial charge in [0.15, 0.2) is 0 Å². The number of amides is 2. The smallest absolute Gasteiger partial charge is 0.237 e. The lowest BCUT2D eigenvalue weighted by Gasteiger charge is -2.19. The zero-order valence-electron chi connectivity index (χ0n) is 11.1. The fourth-order valence-corrected chi connectivity index (χ4v) is 2.30. The lowest BCUT2D eigenvalue weighted by atomic mass is 10.1. The summed E-state index contributed by atoms with van der Waals surface area (Å²) in [5.74, 6) is 0.0957. The Kier molecular flexibility index (Phi) is 4.24. The van der Waals surface area contributed by atoms with Crippen LogP contribution in [0.3, 0.4) is 0 Å². The molecule has 0 saturated carbocycles. The standard InChI is InChI=1S/C14H17BrN2O2/c1-9-8-11(16-14(19)10(2)15)5-6-12(9)17-7-3-4-13(17)18/h5-6,8,10H,3-4,7H2,1-2H3,(H,16,19). The third-order valence-corrected chi connectivity index (χ3v) is 3.61. The second-order valence-corrected chi connectivity index (χ2v) is 6.13. The molecule has 0 aromatic heterocycles. The minimum atomic E-state index is -0.229. The van der Waals surface area contributed by atoms with E-state index in [-0.39, 0.29) is 16.6 Å². The van der Waals surface area contributed by atoms with Crippen LogP contribution in [0.2, 0.25) is 0 Å². The van der Waals surface area contributed by atoms with Crippen molar-refractivity contribution in [2.24, 2.45) is 0 Å². The third kappa shape index (κ3) is 3.15. The highest BCUT2D eigenvalue weighted by Crippen LogP contribution is 2.27. The molecule has 102 valence electrons. The molecule has 0 aliphatic carbocycles. The number of aryl methyl sites for hydroxylation is 1. The molecule has 1 aromatic rings. The highest BCUT2D eigenvalue weighted by molar-refractivity contribution is 9.10. The molecule has 1 saturated heterocycles. The van der Waals surface area contributed by atoms with Crippen LogP contribution in [-0.4, -0.2) is 23.2 Å². The Balaban J connectivity index is 2.17. The van der Waals surface area contributed by atoms with Gasteiger partial charge < -0.3 is 10.2 Å². The fourth-order valence-electron chi connectivity index (χ4n) is 2.18. The molecule has 1 aliphatic rings. The molecule has 0 radical (unpaired) electrons. The van der Waals surface area contributed by atoms with Gasteiger partial charge in [0, 0.05) is 24.3 Å². The van der Waals surface area contributed by atoms with E-state index in [1.165, 1.54) is 0 Å². The first-order valence-corrected chi connectivity index (χ1v) is 7.26. The minimum absolute atomic E-state index is 0.0793. The van der Waals surface area contributed by atoms with Crippen molar-refractivity contribution in [2.45, 2.75) is 31.5 Å². The highest BCUT2D eigenvalue weighted by atomic mass is 79.9. The number of rotatable bonds is 3. The van der Waals surface area contributed by atoms with Crippen LogP contribution in [-0.2, 0) is 9.59 Å². The molecule has 1 aromatic carbocycles. The van der Waals surface area contributed by atoms with Crippen LogP contribution >= 0.6 is 15.9 Å². The van der Waals surface area contributed by atoms with Crippen LogP contribution in [0.25, 0.3) is 0 Å². The number of nitrogens with one attached hydrogen (secondary N) is 1. The molecule has 4 nitrogen and oxygen atoms in total. The van der Waals surface area contributed by atoms with Crippen molar-refractivity contribution >= 4 is 39.1 Å². The van der Waals surface area contributed by atoms with Crippen molar-refractivity contribution in [3.8, 4) is 0 Å². The van der Waals surface area contributed by atoms with Gasteiger partial charge in [-0.05, 0) is 44.0 Å². The molecular formula is C14H17BrN2O2. The Bertz CT molecular complexity index is 514. The molecule has 1 aliphatic heterocycles. The molecule has 0 spiro atoms. The van der Waals surface area contributed by atoms with Crippen LogP contribution in [0.15, 0.2) is 18.2 Å². The Labute approximate surface area is 121 Å². The normalized spacial score (nSPS) is 16.6. The van der Waals surface area contributed by atoms with Gasteiger partial charge in [-0.15, -0.1) is 0 Å². The third-order valence-electron chi connectivity index (χ3n) is 3.19. The van der Waals surface area contributed by atoms with Crippen molar-refractivity contribution < 1.29 is 9.59 Å². The van der Waals surface area contributed by atoms with E-state index in [0.717, 1.165) is 29.9 Å². The summed E-state index contributed by atoms with van der Waals surface area (Å²) in [5, 5.41) is 2.82. The number of benzene rings is 1. The van der Waals surface area contributed by atoms with Gasteiger partial charge in [-0.3, -0.25) is 9.59 Å². The first-order chi connectivity index (χ1) is 8.99. The average molecular weight is 325 g/mol. The summed E-state index contributed by atoms with van der Waals surface area (Å²) in [6, 6.07) is 5.63. The summed E-state index contributed by atoms with van der Waals surface area (Å²) in [6.45, 7) is 4.51. The molecule has 2 amide bonds. The van der Waals surface area contributed by atoms with Crippen LogP contribution in [0.1, 0.15) is 25.3 Å². The monoisotopic (exact) mass is 324 g/mol. The zero-order valence-corrected chi connectivity index (χ0v) is 12.7. The lowest BCUT2D eigenvalue weighted by Crippen LogP contribution is -2.24. The fraction of sp³-hybridized carbons (Fsp3) is 0.429. The van der Waals surface area contributed by atoms with E-state index in [4.69, 9.17) is 0 Å². The summed E-state index contributed by atoms with van der Waals surface area (Å²) < 4.78 is 0. The van der Waals surface area contributed by atoms with E-state index in [0.29, 0.717) is 6.42 Å². The topological polar surface area (TPSA) is 49.4 Å². The Hall–Kier alpha value is -1.36. The van der Waals surface area contributed by atoms with Crippen molar-refractivity contribution in [3.05, 3.63) is 23.8 Å². The van der Waals surface area contributed by atoms with E-state index < -0.39 is 0 Å². The minimum Gasteiger partial charge on any atom is -0.325 e. The lowest BCUT2D eigenvalue weighted by molar-refractivity contribution is -0.117. The number of anilines is 2. The molecule has 2 rings (SSSR count). The number of carbonyl (C=O) groups is 2. The van der Waals surface area contributed by atoms with Gasteiger partial charge in [0.1, 0.15) is 0 Å². The van der Waals surface area contributed by atoms with Crippen LogP contribution in [0, 0.1) is 6.92 Å². The summed E-state index contributed by atoms with van der Waals surface area (Å²) in [7, 11) is 0. The molecule has 5 heteroatoms. The number of halogens is 1. The summed E-state index contributed by atoms with van der Waals surface area (Å²) in [4.78, 5) is 24.9. The molecule has 1 fully saturated rings. The molecule has 1 heterocycles. The summed E-state index contributed by atoms with van der Waals surface area (Å²) >= 11 is 3.23. The largest absolute Gasteiger partial charge is 0.325 e. The highest BCUT2D eigenvalue weighted by Gasteiger charge is 2.23. The van der Waals surface area contributed by atoms with Gasteiger partial charge in [0.05, 0.1) is 4.83 Å². The van der Waals surface area contributed by atoms with E-state index in [2.05, 4.69) is 21.2 Å². The van der Waals surface area contributed by atoms with Gasteiger partial charge >= 0.3 is 0 Å². The van der Waals surface area contributed by atoms with Crippen LogP contribution < -0.4 is 10.2 Å². The maximum Gasteiger partial charge on any atom is 0.237 e. The molecule has 0 bridgehead atoms. The second-order valence-electron chi connectivity index (χ2n) is 4.76. The predicted octanol–water partition coefficient (Wildman–Crippen LogP) is 2.84. The maximum absolute atomic E-state index is 11.7. The molecular weight excluding hydrogens is 308 g/mol.